The van der Waals surface area contributed by atoms with Gasteiger partial charge in [0.25, 0.3) is 5.78 Å². The van der Waals surface area contributed by atoms with Crippen LogP contribution in [0.3, 0.4) is 0 Å². The molecule has 0 amide bonds. The van der Waals surface area contributed by atoms with E-state index in [1.54, 1.807) is 6.92 Å². The second-order valence-corrected chi connectivity index (χ2v) is 3.30. The van der Waals surface area contributed by atoms with Gasteiger partial charge in [0.1, 0.15) is 5.75 Å². The number of alkyl halides is 3. The lowest BCUT2D eigenvalue weighted by atomic mass is 10.0. The molecule has 0 atom stereocenters. The van der Waals surface area contributed by atoms with Crippen LogP contribution in [-0.2, 0) is 0 Å². The van der Waals surface area contributed by atoms with Gasteiger partial charge in [0.2, 0.25) is 0 Å². The fraction of sp³-hybridized carbons (Fsp3) is 0.300. The lowest BCUT2D eigenvalue weighted by molar-refractivity contribution is -0.0886. The van der Waals surface area contributed by atoms with Crippen molar-refractivity contribution >= 4 is 5.78 Å². The minimum absolute atomic E-state index is 0.252. The fourth-order valence-electron chi connectivity index (χ4n) is 1.29. The quantitative estimate of drug-likeness (QED) is 0.736. The predicted molar refractivity (Wildman–Crippen MR) is 48.0 cm³/mol. The van der Waals surface area contributed by atoms with Crippen LogP contribution in [0.4, 0.5) is 13.2 Å². The Morgan fingerprint density at radius 2 is 1.80 bits per heavy atom. The first-order chi connectivity index (χ1) is 6.73. The van der Waals surface area contributed by atoms with Crippen molar-refractivity contribution in [3.63, 3.8) is 0 Å². The number of carbonyl (C=O) groups excluding carboxylic acids is 1. The zero-order valence-electron chi connectivity index (χ0n) is 8.14. The summed E-state index contributed by atoms with van der Waals surface area (Å²) in [5.74, 6) is -2.63. The highest BCUT2D eigenvalue weighted by atomic mass is 19.4. The first kappa shape index (κ1) is 11.6. The van der Waals surface area contributed by atoms with Crippen LogP contribution in [0.15, 0.2) is 12.1 Å². The van der Waals surface area contributed by atoms with Gasteiger partial charge in [-0.25, -0.2) is 0 Å². The molecular formula is C10H9F3O2. The van der Waals surface area contributed by atoms with Crippen LogP contribution in [0.25, 0.3) is 0 Å². The van der Waals surface area contributed by atoms with E-state index in [1.807, 2.05) is 0 Å². The van der Waals surface area contributed by atoms with Crippen molar-refractivity contribution in [2.24, 2.45) is 0 Å². The Hall–Kier alpha value is -1.52. The number of Topliss-reactive ketones (excluding diaryl/α,β-unsaturated/α-hetero) is 1. The highest BCUT2D eigenvalue weighted by Gasteiger charge is 2.40. The average molecular weight is 218 g/mol. The summed E-state index contributed by atoms with van der Waals surface area (Å²) in [5, 5.41) is 9.33. The van der Waals surface area contributed by atoms with Gasteiger partial charge in [-0.15, -0.1) is 0 Å². The largest absolute Gasteiger partial charge is 0.507 e. The Balaban J connectivity index is 3.32. The number of rotatable bonds is 1. The molecule has 1 rings (SSSR count). The van der Waals surface area contributed by atoms with E-state index in [0.717, 1.165) is 6.07 Å². The molecule has 15 heavy (non-hydrogen) atoms. The summed E-state index contributed by atoms with van der Waals surface area (Å²) in [6.07, 6.45) is -4.96. The van der Waals surface area contributed by atoms with Gasteiger partial charge >= 0.3 is 6.18 Å². The van der Waals surface area contributed by atoms with E-state index < -0.39 is 23.3 Å². The van der Waals surface area contributed by atoms with Gasteiger partial charge in [0, 0.05) is 0 Å². The topological polar surface area (TPSA) is 37.3 Å². The number of phenols is 1. The van der Waals surface area contributed by atoms with E-state index in [-0.39, 0.29) is 5.56 Å². The van der Waals surface area contributed by atoms with Crippen LogP contribution in [-0.4, -0.2) is 17.1 Å². The second-order valence-electron chi connectivity index (χ2n) is 3.30. The average Bonchev–Trinajstić information content (AvgIpc) is 2.08. The van der Waals surface area contributed by atoms with E-state index >= 15 is 0 Å². The van der Waals surface area contributed by atoms with Crippen LogP contribution in [0.2, 0.25) is 0 Å². The summed E-state index contributed by atoms with van der Waals surface area (Å²) in [6, 6.07) is 2.53. The maximum Gasteiger partial charge on any atom is 0.455 e. The van der Waals surface area contributed by atoms with E-state index in [2.05, 4.69) is 0 Å². The molecule has 1 N–H and O–H groups in total. The van der Waals surface area contributed by atoms with E-state index in [4.69, 9.17) is 0 Å². The number of ketones is 1. The predicted octanol–water partition coefficient (Wildman–Crippen LogP) is 2.75. The Bertz CT molecular complexity index is 408. The summed E-state index contributed by atoms with van der Waals surface area (Å²) in [7, 11) is 0. The van der Waals surface area contributed by atoms with Gasteiger partial charge in [-0.1, -0.05) is 6.07 Å². The lowest BCUT2D eigenvalue weighted by Gasteiger charge is -2.09. The molecule has 0 bridgehead atoms. The number of hydrogen-bond donors (Lipinski definition) is 1. The Kier molecular flexibility index (Phi) is 2.75. The van der Waals surface area contributed by atoms with Gasteiger partial charge < -0.3 is 5.11 Å². The van der Waals surface area contributed by atoms with Crippen molar-refractivity contribution in [2.75, 3.05) is 0 Å². The number of phenolic OH excluding ortho intramolecular Hbond substituents is 1. The van der Waals surface area contributed by atoms with E-state index in [9.17, 15) is 23.1 Å². The molecule has 0 fully saturated rings. The fourth-order valence-corrected chi connectivity index (χ4v) is 1.29. The third-order valence-electron chi connectivity index (χ3n) is 1.95. The van der Waals surface area contributed by atoms with Crippen molar-refractivity contribution in [2.45, 2.75) is 20.0 Å². The first-order valence-electron chi connectivity index (χ1n) is 4.15. The molecule has 0 unspecified atom stereocenters. The monoisotopic (exact) mass is 218 g/mol. The third kappa shape index (κ3) is 2.29. The molecule has 0 radical (unpaired) electrons. The molecule has 0 aliphatic heterocycles. The highest BCUT2D eigenvalue weighted by Crippen LogP contribution is 2.30. The molecule has 82 valence electrons. The second kappa shape index (κ2) is 3.56. The summed E-state index contributed by atoms with van der Waals surface area (Å²) in [4.78, 5) is 10.9. The molecular weight excluding hydrogens is 209 g/mol. The van der Waals surface area contributed by atoms with Crippen LogP contribution in [0.5, 0.6) is 5.75 Å². The van der Waals surface area contributed by atoms with Crippen molar-refractivity contribution in [1.29, 1.82) is 0 Å². The Labute approximate surface area is 84.3 Å². The minimum Gasteiger partial charge on any atom is -0.507 e. The molecule has 0 saturated carbocycles. The number of aromatic hydroxyl groups is 1. The van der Waals surface area contributed by atoms with Crippen LogP contribution in [0.1, 0.15) is 21.5 Å². The summed E-state index contributed by atoms with van der Waals surface area (Å²) < 4.78 is 36.4. The SMILES string of the molecule is Cc1cc(C)c(O)c(C(=O)C(F)(F)F)c1. The number of carbonyl (C=O) groups is 1. The Morgan fingerprint density at radius 1 is 1.27 bits per heavy atom. The van der Waals surface area contributed by atoms with Crippen LogP contribution in [0, 0.1) is 13.8 Å². The van der Waals surface area contributed by atoms with E-state index in [0.29, 0.717) is 5.56 Å². The molecule has 2 nitrogen and oxygen atoms in total. The van der Waals surface area contributed by atoms with Crippen molar-refractivity contribution in [1.82, 2.24) is 0 Å². The molecule has 0 aliphatic carbocycles. The summed E-state index contributed by atoms with van der Waals surface area (Å²) in [5.41, 5.74) is 0.0560. The van der Waals surface area contributed by atoms with Crippen molar-refractivity contribution < 1.29 is 23.1 Å². The van der Waals surface area contributed by atoms with Crippen molar-refractivity contribution in [3.8, 4) is 5.75 Å². The van der Waals surface area contributed by atoms with Gasteiger partial charge in [-0.05, 0) is 31.0 Å². The molecule has 5 heteroatoms. The van der Waals surface area contributed by atoms with Crippen molar-refractivity contribution in [3.05, 3.63) is 28.8 Å². The van der Waals surface area contributed by atoms with Gasteiger partial charge in [-0.2, -0.15) is 13.2 Å². The molecule has 1 aromatic rings. The third-order valence-corrected chi connectivity index (χ3v) is 1.95. The zero-order valence-corrected chi connectivity index (χ0v) is 8.14. The smallest absolute Gasteiger partial charge is 0.455 e. The maximum atomic E-state index is 12.1. The van der Waals surface area contributed by atoms with Crippen LogP contribution < -0.4 is 0 Å². The molecule has 0 spiro atoms. The number of hydrogen-bond acceptors (Lipinski definition) is 2. The van der Waals surface area contributed by atoms with Crippen LogP contribution >= 0.6 is 0 Å². The molecule has 0 saturated heterocycles. The highest BCUT2D eigenvalue weighted by molar-refractivity contribution is 6.02. The molecule has 0 heterocycles. The summed E-state index contributed by atoms with van der Waals surface area (Å²) >= 11 is 0. The molecule has 0 aliphatic rings. The number of halogens is 3. The normalized spacial score (nSPS) is 11.5. The number of aryl methyl sites for hydroxylation is 2. The Morgan fingerprint density at radius 3 is 2.27 bits per heavy atom. The molecule has 0 aromatic heterocycles. The molecule has 1 aromatic carbocycles. The van der Waals surface area contributed by atoms with Gasteiger partial charge in [-0.3, -0.25) is 4.79 Å². The number of benzene rings is 1. The minimum atomic E-state index is -4.96. The van der Waals surface area contributed by atoms with E-state index in [1.165, 1.54) is 13.0 Å². The first-order valence-corrected chi connectivity index (χ1v) is 4.15. The zero-order chi connectivity index (χ0) is 11.8. The van der Waals surface area contributed by atoms with Gasteiger partial charge in [0.15, 0.2) is 0 Å². The standard InChI is InChI=1S/C10H9F3O2/c1-5-3-6(2)8(14)7(4-5)9(15)10(11,12)13/h3-4,14H,1-2H3. The maximum absolute atomic E-state index is 12.1. The van der Waals surface area contributed by atoms with Gasteiger partial charge in [0.05, 0.1) is 5.56 Å². The lowest BCUT2D eigenvalue weighted by Crippen LogP contribution is -2.23. The summed E-state index contributed by atoms with van der Waals surface area (Å²) in [6.45, 7) is 3.00.